The molecule has 0 radical (unpaired) electrons. The van der Waals surface area contributed by atoms with Gasteiger partial charge in [-0.3, -0.25) is 9.63 Å². The average Bonchev–Trinajstić information content (AvgIpc) is 2.90. The van der Waals surface area contributed by atoms with Crippen molar-refractivity contribution in [3.05, 3.63) is 29.3 Å². The van der Waals surface area contributed by atoms with Gasteiger partial charge in [0.2, 0.25) is 5.82 Å². The zero-order valence-electron chi connectivity index (χ0n) is 11.1. The van der Waals surface area contributed by atoms with Gasteiger partial charge in [0.25, 0.3) is 5.91 Å². The first-order chi connectivity index (χ1) is 9.65. The van der Waals surface area contributed by atoms with Gasteiger partial charge >= 0.3 is 0 Å². The maximum absolute atomic E-state index is 11.8. The summed E-state index contributed by atoms with van der Waals surface area (Å²) in [6.45, 7) is 1.85. The fourth-order valence-electron chi connectivity index (χ4n) is 1.69. The fraction of sp³-hybridized carbons (Fsp3) is 0.333. The van der Waals surface area contributed by atoms with E-state index in [-0.39, 0.29) is 5.91 Å². The summed E-state index contributed by atoms with van der Waals surface area (Å²) in [6, 6.07) is 6.50. The molecule has 0 fully saturated rings. The molecule has 2 rings (SSSR count). The quantitative estimate of drug-likeness (QED) is 0.848. The summed E-state index contributed by atoms with van der Waals surface area (Å²) < 4.78 is 0. The Morgan fingerprint density at radius 3 is 2.75 bits per heavy atom. The number of carbonyl (C=O) groups excluding carboxylic acids is 1. The van der Waals surface area contributed by atoms with Crippen molar-refractivity contribution in [2.24, 2.45) is 0 Å². The van der Waals surface area contributed by atoms with Gasteiger partial charge in [-0.1, -0.05) is 18.5 Å². The molecule has 0 bridgehead atoms. The van der Waals surface area contributed by atoms with Crippen LogP contribution in [0, 0.1) is 0 Å². The second kappa shape index (κ2) is 6.44. The molecule has 0 aliphatic heterocycles. The molecule has 1 unspecified atom stereocenters. The molecule has 0 spiro atoms. The zero-order valence-corrected chi connectivity index (χ0v) is 11.8. The van der Waals surface area contributed by atoms with Crippen LogP contribution >= 0.6 is 11.6 Å². The van der Waals surface area contributed by atoms with Crippen LogP contribution in [0.4, 0.5) is 0 Å². The number of hydrogen-bond acceptors (Lipinski definition) is 5. The highest BCUT2D eigenvalue weighted by Crippen LogP contribution is 2.18. The van der Waals surface area contributed by atoms with Crippen LogP contribution < -0.4 is 5.48 Å². The molecule has 2 aromatic rings. The van der Waals surface area contributed by atoms with Crippen LogP contribution in [0.1, 0.15) is 19.4 Å². The molecule has 0 aliphatic carbocycles. The van der Waals surface area contributed by atoms with Gasteiger partial charge in [0.1, 0.15) is 0 Å². The highest BCUT2D eigenvalue weighted by atomic mass is 35.5. The molecule has 1 N–H and O–H groups in total. The van der Waals surface area contributed by atoms with Gasteiger partial charge in [-0.25, -0.2) is 5.48 Å². The highest BCUT2D eigenvalue weighted by molar-refractivity contribution is 6.30. The topological polar surface area (TPSA) is 81.9 Å². The maximum Gasteiger partial charge on any atom is 0.270 e. The summed E-state index contributed by atoms with van der Waals surface area (Å²) in [6.07, 6.45) is 0.519. The first-order valence-electron chi connectivity index (χ1n) is 6.04. The first kappa shape index (κ1) is 14.4. The van der Waals surface area contributed by atoms with E-state index in [1.807, 2.05) is 6.92 Å². The number of nitrogens with zero attached hydrogens (tertiary/aromatic N) is 4. The molecule has 0 saturated carbocycles. The smallest absolute Gasteiger partial charge is 0.270 e. The molecule has 1 amide bonds. The van der Waals surface area contributed by atoms with Gasteiger partial charge in [-0.15, -0.1) is 10.2 Å². The summed E-state index contributed by atoms with van der Waals surface area (Å²) in [5, 5.41) is 12.7. The maximum atomic E-state index is 11.8. The van der Waals surface area contributed by atoms with Crippen LogP contribution in [-0.4, -0.2) is 33.2 Å². The summed E-state index contributed by atoms with van der Waals surface area (Å²) in [4.78, 5) is 17.7. The van der Waals surface area contributed by atoms with E-state index in [9.17, 15) is 4.79 Å². The molecule has 8 heteroatoms. The Morgan fingerprint density at radius 2 is 2.15 bits per heavy atom. The lowest BCUT2D eigenvalue weighted by atomic mass is 10.2. The van der Waals surface area contributed by atoms with Crippen molar-refractivity contribution in [3.63, 3.8) is 0 Å². The van der Waals surface area contributed by atoms with Crippen molar-refractivity contribution in [1.29, 1.82) is 0 Å². The number of hydrogen-bond donors (Lipinski definition) is 1. The van der Waals surface area contributed by atoms with Crippen LogP contribution in [0.5, 0.6) is 0 Å². The summed E-state index contributed by atoms with van der Waals surface area (Å²) in [5.41, 5.74) is 3.05. The van der Waals surface area contributed by atoms with E-state index in [1.54, 1.807) is 24.3 Å². The van der Waals surface area contributed by atoms with Crippen molar-refractivity contribution in [1.82, 2.24) is 25.7 Å². The van der Waals surface area contributed by atoms with Gasteiger partial charge in [0.15, 0.2) is 6.04 Å². The molecule has 1 aromatic carbocycles. The number of amides is 1. The monoisotopic (exact) mass is 295 g/mol. The van der Waals surface area contributed by atoms with Crippen LogP contribution in [0.2, 0.25) is 5.02 Å². The van der Waals surface area contributed by atoms with Crippen LogP contribution in [0.25, 0.3) is 11.4 Å². The largest absolute Gasteiger partial charge is 0.277 e. The van der Waals surface area contributed by atoms with Crippen molar-refractivity contribution in [2.45, 2.75) is 19.4 Å². The molecule has 106 valence electrons. The Labute approximate surface area is 120 Å². The Bertz CT molecular complexity index is 584. The van der Waals surface area contributed by atoms with Gasteiger partial charge in [0.05, 0.1) is 7.11 Å². The van der Waals surface area contributed by atoms with E-state index in [4.69, 9.17) is 11.6 Å². The standard InChI is InChI=1S/C12H14ClN5O2/c1-3-10(12(19)16-20-2)18-15-11(14-17-18)8-4-6-9(13)7-5-8/h4-7,10H,3H2,1-2H3,(H,16,19). The Kier molecular flexibility index (Phi) is 4.65. The Hall–Kier alpha value is -1.99. The van der Waals surface area contributed by atoms with E-state index in [2.05, 4.69) is 25.7 Å². The van der Waals surface area contributed by atoms with Gasteiger partial charge in [-0.2, -0.15) is 4.80 Å². The molecular formula is C12H14ClN5O2. The van der Waals surface area contributed by atoms with Crippen LogP contribution in [0.3, 0.4) is 0 Å². The Balaban J connectivity index is 2.23. The normalized spacial score (nSPS) is 12.2. The molecule has 1 aromatic heterocycles. The molecule has 20 heavy (non-hydrogen) atoms. The molecule has 7 nitrogen and oxygen atoms in total. The van der Waals surface area contributed by atoms with Crippen LogP contribution in [0.15, 0.2) is 24.3 Å². The van der Waals surface area contributed by atoms with Crippen molar-refractivity contribution < 1.29 is 9.63 Å². The molecule has 0 aliphatic rings. The second-order valence-electron chi connectivity index (χ2n) is 4.03. The lowest BCUT2D eigenvalue weighted by Gasteiger charge is -2.11. The highest BCUT2D eigenvalue weighted by Gasteiger charge is 2.21. The van der Waals surface area contributed by atoms with E-state index >= 15 is 0 Å². The van der Waals surface area contributed by atoms with Crippen molar-refractivity contribution in [2.75, 3.05) is 7.11 Å². The summed E-state index contributed by atoms with van der Waals surface area (Å²) in [5.74, 6) is 0.111. The molecular weight excluding hydrogens is 282 g/mol. The molecule has 0 saturated heterocycles. The van der Waals surface area contributed by atoms with Gasteiger partial charge in [-0.05, 0) is 35.9 Å². The number of nitrogens with one attached hydrogen (secondary N) is 1. The molecule has 1 heterocycles. The predicted octanol–water partition coefficient (Wildman–Crippen LogP) is 1.62. The number of carbonyl (C=O) groups is 1. The van der Waals surface area contributed by atoms with Crippen molar-refractivity contribution >= 4 is 17.5 Å². The van der Waals surface area contributed by atoms with Gasteiger partial charge < -0.3 is 0 Å². The fourth-order valence-corrected chi connectivity index (χ4v) is 1.82. The van der Waals surface area contributed by atoms with Crippen LogP contribution in [-0.2, 0) is 9.63 Å². The third-order valence-corrected chi connectivity index (χ3v) is 2.95. The third kappa shape index (κ3) is 3.12. The average molecular weight is 296 g/mol. The first-order valence-corrected chi connectivity index (χ1v) is 6.41. The Morgan fingerprint density at radius 1 is 1.45 bits per heavy atom. The zero-order chi connectivity index (χ0) is 14.5. The number of hydroxylamine groups is 1. The van der Waals surface area contributed by atoms with E-state index < -0.39 is 6.04 Å². The SMILES string of the molecule is CCC(C(=O)NOC)n1nnc(-c2ccc(Cl)cc2)n1. The van der Waals surface area contributed by atoms with E-state index in [0.29, 0.717) is 17.3 Å². The molecule has 1 atom stereocenters. The minimum atomic E-state index is -0.566. The lowest BCUT2D eigenvalue weighted by Crippen LogP contribution is -2.32. The third-order valence-electron chi connectivity index (χ3n) is 2.70. The number of tetrazole rings is 1. The predicted molar refractivity (Wildman–Crippen MR) is 72.7 cm³/mol. The minimum absolute atomic E-state index is 0.324. The van der Waals surface area contributed by atoms with E-state index in [0.717, 1.165) is 5.56 Å². The number of aromatic nitrogens is 4. The van der Waals surface area contributed by atoms with Gasteiger partial charge in [0, 0.05) is 10.6 Å². The summed E-state index contributed by atoms with van der Waals surface area (Å²) >= 11 is 5.83. The number of halogens is 1. The lowest BCUT2D eigenvalue weighted by molar-refractivity contribution is -0.135. The minimum Gasteiger partial charge on any atom is -0.277 e. The van der Waals surface area contributed by atoms with Crippen molar-refractivity contribution in [3.8, 4) is 11.4 Å². The number of rotatable bonds is 5. The van der Waals surface area contributed by atoms with E-state index in [1.165, 1.54) is 11.9 Å². The summed E-state index contributed by atoms with van der Waals surface area (Å²) in [7, 11) is 1.37. The second-order valence-corrected chi connectivity index (χ2v) is 4.47. The number of benzene rings is 1.